The molecule has 1 aliphatic rings. The molecule has 9 nitrogen and oxygen atoms in total. The Morgan fingerprint density at radius 3 is 2.59 bits per heavy atom. The number of morpholine rings is 1. The summed E-state index contributed by atoms with van der Waals surface area (Å²) < 4.78 is 32.1. The molecule has 0 saturated carbocycles. The number of sulfonamides is 1. The summed E-state index contributed by atoms with van der Waals surface area (Å²) in [5.41, 5.74) is 1.89. The molecule has 1 N–H and O–H groups in total. The van der Waals surface area contributed by atoms with Gasteiger partial charge in [0.15, 0.2) is 5.92 Å². The SMILES string of the molecule is N#Cc1ccc(-c2csc(C(C#N)C(=O)c3cc(S(=O)(=O)N4CCOCC4)c[nH]3)n2)cc1. The van der Waals surface area contributed by atoms with Crippen LogP contribution < -0.4 is 0 Å². The van der Waals surface area contributed by atoms with Crippen LogP contribution in [0.4, 0.5) is 0 Å². The van der Waals surface area contributed by atoms with Gasteiger partial charge in [-0.1, -0.05) is 12.1 Å². The second kappa shape index (κ2) is 9.02. The van der Waals surface area contributed by atoms with E-state index in [9.17, 15) is 18.5 Å². The van der Waals surface area contributed by atoms with Gasteiger partial charge in [0.2, 0.25) is 15.8 Å². The molecule has 3 aromatic rings. The zero-order valence-electron chi connectivity index (χ0n) is 16.7. The van der Waals surface area contributed by atoms with Crippen molar-refractivity contribution in [2.45, 2.75) is 10.8 Å². The first kappa shape index (κ1) is 21.9. The first-order valence-electron chi connectivity index (χ1n) is 9.60. The van der Waals surface area contributed by atoms with Crippen molar-refractivity contribution in [2.24, 2.45) is 0 Å². The molecule has 3 heterocycles. The number of ether oxygens (including phenoxy) is 1. The summed E-state index contributed by atoms with van der Waals surface area (Å²) in [6, 6.07) is 12.1. The minimum absolute atomic E-state index is 0.0264. The Labute approximate surface area is 188 Å². The van der Waals surface area contributed by atoms with Crippen LogP contribution in [0, 0.1) is 22.7 Å². The lowest BCUT2D eigenvalue weighted by Crippen LogP contribution is -2.40. The third-order valence-electron chi connectivity index (χ3n) is 5.00. The number of aromatic amines is 1. The van der Waals surface area contributed by atoms with Crippen molar-refractivity contribution in [1.82, 2.24) is 14.3 Å². The van der Waals surface area contributed by atoms with E-state index in [-0.39, 0.29) is 23.7 Å². The second-order valence-electron chi connectivity index (χ2n) is 6.95. The highest BCUT2D eigenvalue weighted by Gasteiger charge is 2.31. The number of hydrogen-bond acceptors (Lipinski definition) is 8. The molecule has 1 fully saturated rings. The lowest BCUT2D eigenvalue weighted by molar-refractivity contribution is 0.0730. The van der Waals surface area contributed by atoms with Crippen molar-refractivity contribution in [3.05, 3.63) is 58.2 Å². The van der Waals surface area contributed by atoms with Crippen LogP contribution in [0.1, 0.15) is 27.0 Å². The van der Waals surface area contributed by atoms with Gasteiger partial charge in [0.05, 0.1) is 42.3 Å². The van der Waals surface area contributed by atoms with Gasteiger partial charge in [-0.2, -0.15) is 14.8 Å². The van der Waals surface area contributed by atoms with Gasteiger partial charge in [0.25, 0.3) is 0 Å². The summed E-state index contributed by atoms with van der Waals surface area (Å²) in [5, 5.41) is 20.6. The molecule has 162 valence electrons. The molecule has 2 aromatic heterocycles. The van der Waals surface area contributed by atoms with Gasteiger partial charge in [0.1, 0.15) is 9.90 Å². The fourth-order valence-electron chi connectivity index (χ4n) is 3.25. The maximum Gasteiger partial charge on any atom is 0.244 e. The van der Waals surface area contributed by atoms with Crippen molar-refractivity contribution in [2.75, 3.05) is 26.3 Å². The van der Waals surface area contributed by atoms with Crippen LogP contribution in [0.15, 0.2) is 46.8 Å². The Balaban J connectivity index is 1.56. The number of nitriles is 2. The third-order valence-corrected chi connectivity index (χ3v) is 7.79. The molecule has 0 aliphatic carbocycles. The molecule has 1 aliphatic heterocycles. The highest BCUT2D eigenvalue weighted by molar-refractivity contribution is 7.89. The van der Waals surface area contributed by atoms with Gasteiger partial charge in [-0.15, -0.1) is 11.3 Å². The number of H-pyrrole nitrogens is 1. The van der Waals surface area contributed by atoms with Crippen molar-refractivity contribution in [1.29, 1.82) is 10.5 Å². The number of hydrogen-bond donors (Lipinski definition) is 1. The van der Waals surface area contributed by atoms with Gasteiger partial charge < -0.3 is 9.72 Å². The van der Waals surface area contributed by atoms with E-state index in [2.05, 4.69) is 9.97 Å². The van der Waals surface area contributed by atoms with Crippen LogP contribution >= 0.6 is 11.3 Å². The van der Waals surface area contributed by atoms with Crippen molar-refractivity contribution < 1.29 is 17.9 Å². The average Bonchev–Trinajstić information content (AvgIpc) is 3.51. The van der Waals surface area contributed by atoms with Crippen LogP contribution in [-0.2, 0) is 14.8 Å². The van der Waals surface area contributed by atoms with E-state index in [1.807, 2.05) is 12.1 Å². The van der Waals surface area contributed by atoms with Crippen molar-refractivity contribution >= 4 is 27.1 Å². The molecular formula is C21H17N5O4S2. The molecule has 0 bridgehead atoms. The number of nitrogens with one attached hydrogen (secondary N) is 1. The molecule has 0 radical (unpaired) electrons. The maximum atomic E-state index is 13.0. The topological polar surface area (TPSA) is 140 Å². The predicted molar refractivity (Wildman–Crippen MR) is 115 cm³/mol. The standard InChI is InChI=1S/C21H17N5O4S2/c22-10-14-1-3-15(4-2-14)19-13-31-21(25-19)17(11-23)20(27)18-9-16(12-24-18)32(28,29)26-5-7-30-8-6-26/h1-4,9,12-13,17,24H,5-8H2. The number of rotatable bonds is 6. The number of ketones is 1. The lowest BCUT2D eigenvalue weighted by atomic mass is 10.0. The van der Waals surface area contributed by atoms with E-state index >= 15 is 0 Å². The highest BCUT2D eigenvalue weighted by Crippen LogP contribution is 2.29. The Kier molecular flexibility index (Phi) is 6.17. The highest BCUT2D eigenvalue weighted by atomic mass is 32.2. The molecule has 1 atom stereocenters. The van der Waals surface area contributed by atoms with Crippen LogP contribution in [0.3, 0.4) is 0 Å². The van der Waals surface area contributed by atoms with Gasteiger partial charge in [-0.05, 0) is 18.2 Å². The number of benzene rings is 1. The number of thiazole rings is 1. The molecule has 1 unspecified atom stereocenters. The average molecular weight is 468 g/mol. The summed E-state index contributed by atoms with van der Waals surface area (Å²) in [5.74, 6) is -1.73. The lowest BCUT2D eigenvalue weighted by Gasteiger charge is -2.25. The van der Waals surface area contributed by atoms with Crippen molar-refractivity contribution in [3.63, 3.8) is 0 Å². The van der Waals surface area contributed by atoms with E-state index < -0.39 is 21.7 Å². The number of carbonyl (C=O) groups is 1. The second-order valence-corrected chi connectivity index (χ2v) is 9.78. The molecule has 32 heavy (non-hydrogen) atoms. The Morgan fingerprint density at radius 1 is 1.22 bits per heavy atom. The van der Waals surface area contributed by atoms with Crippen LogP contribution in [0.25, 0.3) is 11.3 Å². The Morgan fingerprint density at radius 2 is 1.94 bits per heavy atom. The zero-order chi connectivity index (χ0) is 22.7. The number of nitrogens with zero attached hydrogens (tertiary/aromatic N) is 4. The number of aromatic nitrogens is 2. The molecule has 4 rings (SSSR count). The molecule has 0 spiro atoms. The fourth-order valence-corrected chi connectivity index (χ4v) is 5.52. The van der Waals surface area contributed by atoms with Crippen molar-refractivity contribution in [3.8, 4) is 23.4 Å². The summed E-state index contributed by atoms with van der Waals surface area (Å²) in [7, 11) is -3.76. The van der Waals surface area contributed by atoms with Gasteiger partial charge in [-0.3, -0.25) is 4.79 Å². The number of Topliss-reactive ketones (excluding diaryl/α,β-unsaturated/α-hetero) is 1. The molecule has 1 aromatic carbocycles. The van der Waals surface area contributed by atoms with Crippen LogP contribution in [-0.4, -0.2) is 54.8 Å². The maximum absolute atomic E-state index is 13.0. The number of carbonyl (C=O) groups excluding carboxylic acids is 1. The minimum Gasteiger partial charge on any atom is -0.379 e. The van der Waals surface area contributed by atoms with E-state index in [1.54, 1.807) is 29.6 Å². The molecule has 0 amide bonds. The van der Waals surface area contributed by atoms with E-state index in [0.29, 0.717) is 29.5 Å². The Hall–Kier alpha value is -3.35. The van der Waals surface area contributed by atoms with Gasteiger partial charge in [-0.25, -0.2) is 13.4 Å². The minimum atomic E-state index is -3.76. The molecule has 11 heteroatoms. The smallest absolute Gasteiger partial charge is 0.244 e. The summed E-state index contributed by atoms with van der Waals surface area (Å²) in [6.45, 7) is 1.12. The van der Waals surface area contributed by atoms with Gasteiger partial charge in [0, 0.05) is 30.2 Å². The summed E-state index contributed by atoms with van der Waals surface area (Å²) >= 11 is 1.17. The largest absolute Gasteiger partial charge is 0.379 e. The molecule has 1 saturated heterocycles. The first-order chi connectivity index (χ1) is 15.4. The summed E-state index contributed by atoms with van der Waals surface area (Å²) in [4.78, 5) is 20.1. The quantitative estimate of drug-likeness (QED) is 0.549. The first-order valence-corrected chi connectivity index (χ1v) is 11.9. The Bertz CT molecular complexity index is 1320. The van der Waals surface area contributed by atoms with Crippen LogP contribution in [0.5, 0.6) is 0 Å². The van der Waals surface area contributed by atoms with Gasteiger partial charge >= 0.3 is 0 Å². The van der Waals surface area contributed by atoms with E-state index in [1.165, 1.54) is 27.9 Å². The normalized spacial score (nSPS) is 15.6. The third kappa shape index (κ3) is 4.20. The van der Waals surface area contributed by atoms with E-state index in [4.69, 9.17) is 10.00 Å². The van der Waals surface area contributed by atoms with Crippen LogP contribution in [0.2, 0.25) is 0 Å². The predicted octanol–water partition coefficient (Wildman–Crippen LogP) is 2.52. The van der Waals surface area contributed by atoms with E-state index in [0.717, 1.165) is 5.56 Å². The summed E-state index contributed by atoms with van der Waals surface area (Å²) in [6.07, 6.45) is 1.26. The monoisotopic (exact) mass is 467 g/mol. The molecular weight excluding hydrogens is 450 g/mol. The fraction of sp³-hybridized carbons (Fsp3) is 0.238. The zero-order valence-corrected chi connectivity index (χ0v) is 18.3.